The number of nitrogens with zero attached hydrogens (tertiary/aromatic N) is 6. The number of amides is 2. The molecule has 0 spiro atoms. The molecule has 3 aromatic heterocycles. The lowest BCUT2D eigenvalue weighted by Crippen LogP contribution is -2.54. The first kappa shape index (κ1) is 31.2. The number of alkyl halides is 3. The number of hydrogen-bond acceptors (Lipinski definition) is 10. The maximum atomic E-state index is 13.8. The molecule has 0 aliphatic heterocycles. The standard InChI is InChI=1S/C27H24ClF3N10O4/c1-13(25(43)37-15-8-14(33)9-15)36-26(44)16-2-3-18(21(20(16)28)45-12-42)38-23-24-35-10-19(41(24)7-5-34-23)17-11-40(6-4-32)39-22(17)27(29,30)31/h2-3,5,7,10-15H,6,8-9,33H2,1H3,(H,34,38)(H,36,44)(H,37,43)/t13-,14?,15?/m1/s1. The molecular weight excluding hydrogens is 621 g/mol. The lowest BCUT2D eigenvalue weighted by molar-refractivity contribution is -0.141. The summed E-state index contributed by atoms with van der Waals surface area (Å²) in [5.74, 6) is -1.35. The number of carbonyl (C=O) groups is 3. The van der Waals surface area contributed by atoms with Crippen molar-refractivity contribution in [3.05, 3.63) is 53.2 Å². The van der Waals surface area contributed by atoms with E-state index >= 15 is 0 Å². The molecule has 234 valence electrons. The van der Waals surface area contributed by atoms with Crippen molar-refractivity contribution in [3.63, 3.8) is 0 Å². The van der Waals surface area contributed by atoms with E-state index in [4.69, 9.17) is 27.3 Å². The topological polar surface area (TPSA) is 194 Å². The third kappa shape index (κ3) is 6.37. The Hall–Kier alpha value is -5.21. The average molecular weight is 645 g/mol. The maximum Gasteiger partial charge on any atom is 0.435 e. The Morgan fingerprint density at radius 3 is 2.73 bits per heavy atom. The van der Waals surface area contributed by atoms with Crippen LogP contribution in [0, 0.1) is 11.3 Å². The molecule has 14 nitrogen and oxygen atoms in total. The van der Waals surface area contributed by atoms with Gasteiger partial charge in [-0.25, -0.2) is 9.97 Å². The van der Waals surface area contributed by atoms with Gasteiger partial charge in [0.2, 0.25) is 5.91 Å². The van der Waals surface area contributed by atoms with Crippen molar-refractivity contribution < 1.29 is 32.3 Å². The molecule has 3 heterocycles. The second-order valence-electron chi connectivity index (χ2n) is 10.1. The number of anilines is 2. The second-order valence-corrected chi connectivity index (χ2v) is 10.5. The first-order chi connectivity index (χ1) is 21.4. The van der Waals surface area contributed by atoms with Crippen molar-refractivity contribution in [2.24, 2.45) is 5.73 Å². The van der Waals surface area contributed by atoms with Crippen LogP contribution in [-0.4, -0.2) is 60.6 Å². The third-order valence-electron chi connectivity index (χ3n) is 6.99. The van der Waals surface area contributed by atoms with Crippen LogP contribution >= 0.6 is 11.6 Å². The van der Waals surface area contributed by atoms with E-state index in [2.05, 4.69) is 31.0 Å². The van der Waals surface area contributed by atoms with Gasteiger partial charge >= 0.3 is 6.18 Å². The van der Waals surface area contributed by atoms with Crippen LogP contribution in [0.25, 0.3) is 16.9 Å². The van der Waals surface area contributed by atoms with Gasteiger partial charge in [-0.1, -0.05) is 11.6 Å². The highest BCUT2D eigenvalue weighted by Crippen LogP contribution is 2.39. The van der Waals surface area contributed by atoms with Crippen LogP contribution in [-0.2, 0) is 22.3 Å². The van der Waals surface area contributed by atoms with E-state index in [-0.39, 0.29) is 63.3 Å². The van der Waals surface area contributed by atoms with Gasteiger partial charge in [-0.2, -0.15) is 23.5 Å². The van der Waals surface area contributed by atoms with Gasteiger partial charge in [0.1, 0.15) is 12.6 Å². The zero-order valence-electron chi connectivity index (χ0n) is 23.3. The quantitative estimate of drug-likeness (QED) is 0.186. The van der Waals surface area contributed by atoms with E-state index in [0.717, 1.165) is 10.9 Å². The van der Waals surface area contributed by atoms with Gasteiger partial charge in [0.25, 0.3) is 12.4 Å². The number of hydrogen-bond donors (Lipinski definition) is 4. The van der Waals surface area contributed by atoms with Gasteiger partial charge in [-0.05, 0) is 31.9 Å². The van der Waals surface area contributed by atoms with Gasteiger partial charge in [0, 0.05) is 30.7 Å². The summed E-state index contributed by atoms with van der Waals surface area (Å²) in [6.45, 7) is 1.19. The SMILES string of the molecule is C[C@@H](NC(=O)c1ccc(Nc2nccn3c(-c4cn(CC#N)nc4C(F)(F)F)cnc23)c(OC=O)c1Cl)C(=O)NC1CC(N)C1. The Balaban J connectivity index is 1.42. The van der Waals surface area contributed by atoms with Gasteiger partial charge in [-0.3, -0.25) is 23.5 Å². The number of fused-ring (bicyclic) bond motifs is 1. The molecule has 0 radical (unpaired) electrons. The Morgan fingerprint density at radius 2 is 2.07 bits per heavy atom. The molecular formula is C27H24ClF3N10O4. The van der Waals surface area contributed by atoms with Gasteiger partial charge in [0.05, 0.1) is 39.8 Å². The number of halogens is 4. The van der Waals surface area contributed by atoms with Crippen LogP contribution in [0.5, 0.6) is 5.75 Å². The fraction of sp³-hybridized carbons (Fsp3) is 0.296. The molecule has 1 aliphatic carbocycles. The Bertz CT molecular complexity index is 1830. The van der Waals surface area contributed by atoms with Gasteiger partial charge < -0.3 is 26.4 Å². The van der Waals surface area contributed by atoms with Crippen LogP contribution in [0.15, 0.2) is 36.9 Å². The molecule has 0 unspecified atom stereocenters. The van der Waals surface area contributed by atoms with Gasteiger partial charge in [-0.15, -0.1) is 0 Å². The van der Waals surface area contributed by atoms with Crippen molar-refractivity contribution in [1.82, 2.24) is 34.8 Å². The van der Waals surface area contributed by atoms with E-state index in [1.165, 1.54) is 42.0 Å². The second kappa shape index (κ2) is 12.4. The minimum Gasteiger partial charge on any atom is -0.425 e. The molecule has 4 aromatic rings. The van der Waals surface area contributed by atoms with Crippen molar-refractivity contribution in [2.45, 2.75) is 50.6 Å². The normalized spacial score (nSPS) is 16.7. The molecule has 5 N–H and O–H groups in total. The number of rotatable bonds is 10. The number of carbonyl (C=O) groups excluding carboxylic acids is 3. The summed E-state index contributed by atoms with van der Waals surface area (Å²) in [4.78, 5) is 45.2. The number of aromatic nitrogens is 5. The van der Waals surface area contributed by atoms with E-state index in [1.807, 2.05) is 0 Å². The zero-order chi connectivity index (χ0) is 32.5. The van der Waals surface area contributed by atoms with E-state index in [9.17, 15) is 27.6 Å². The summed E-state index contributed by atoms with van der Waals surface area (Å²) in [5, 5.41) is 20.4. The van der Waals surface area contributed by atoms with Crippen LogP contribution in [0.1, 0.15) is 35.8 Å². The lowest BCUT2D eigenvalue weighted by atomic mass is 9.87. The third-order valence-corrected chi connectivity index (χ3v) is 7.36. The molecule has 1 atom stereocenters. The largest absolute Gasteiger partial charge is 0.435 e. The van der Waals surface area contributed by atoms with Crippen LogP contribution in [0.4, 0.5) is 24.7 Å². The molecule has 1 fully saturated rings. The number of nitrogens with two attached hydrogens (primary N) is 1. The number of ether oxygens (including phenoxy) is 1. The molecule has 0 bridgehead atoms. The molecule has 1 aliphatic rings. The number of imidazole rings is 1. The Kier molecular flexibility index (Phi) is 8.62. The summed E-state index contributed by atoms with van der Waals surface area (Å²) in [7, 11) is 0. The summed E-state index contributed by atoms with van der Waals surface area (Å²) in [6, 6.07) is 3.48. The van der Waals surface area contributed by atoms with E-state index < -0.39 is 36.3 Å². The minimum absolute atomic E-state index is 0.0136. The lowest BCUT2D eigenvalue weighted by Gasteiger charge is -2.33. The summed E-state index contributed by atoms with van der Waals surface area (Å²) in [6.07, 6.45) is 1.42. The van der Waals surface area contributed by atoms with Crippen molar-refractivity contribution in [2.75, 3.05) is 5.32 Å². The minimum atomic E-state index is -4.81. The summed E-state index contributed by atoms with van der Waals surface area (Å²) >= 11 is 6.46. The number of nitrogens with one attached hydrogen (secondary N) is 3. The maximum absolute atomic E-state index is 13.8. The molecule has 18 heteroatoms. The zero-order valence-corrected chi connectivity index (χ0v) is 24.1. The summed E-state index contributed by atoms with van der Waals surface area (Å²) < 4.78 is 48.6. The van der Waals surface area contributed by atoms with E-state index in [0.29, 0.717) is 12.8 Å². The number of benzene rings is 1. The highest BCUT2D eigenvalue weighted by molar-refractivity contribution is 6.36. The predicted octanol–water partition coefficient (Wildman–Crippen LogP) is 2.79. The fourth-order valence-electron chi connectivity index (χ4n) is 4.74. The smallest absolute Gasteiger partial charge is 0.425 e. The Morgan fingerprint density at radius 1 is 1.31 bits per heavy atom. The number of nitriles is 1. The fourth-order valence-corrected chi connectivity index (χ4v) is 5.04. The molecule has 5 rings (SSSR count). The first-order valence-corrected chi connectivity index (χ1v) is 13.7. The first-order valence-electron chi connectivity index (χ1n) is 13.3. The van der Waals surface area contributed by atoms with E-state index in [1.54, 1.807) is 6.07 Å². The molecule has 0 saturated heterocycles. The van der Waals surface area contributed by atoms with Crippen LogP contribution < -0.4 is 26.4 Å². The molecule has 2 amide bonds. The highest BCUT2D eigenvalue weighted by atomic mass is 35.5. The van der Waals surface area contributed by atoms with Gasteiger partial charge in [0.15, 0.2) is 22.9 Å². The molecule has 1 saturated carbocycles. The monoisotopic (exact) mass is 644 g/mol. The van der Waals surface area contributed by atoms with Crippen LogP contribution in [0.2, 0.25) is 5.02 Å². The Labute approximate surface area is 257 Å². The van der Waals surface area contributed by atoms with Crippen molar-refractivity contribution in [1.29, 1.82) is 5.26 Å². The van der Waals surface area contributed by atoms with Crippen molar-refractivity contribution in [3.8, 4) is 23.1 Å². The highest BCUT2D eigenvalue weighted by Gasteiger charge is 2.38. The molecule has 1 aromatic carbocycles. The average Bonchev–Trinajstić information content (AvgIpc) is 3.59. The van der Waals surface area contributed by atoms with Crippen LogP contribution in [0.3, 0.4) is 0 Å². The predicted molar refractivity (Wildman–Crippen MR) is 152 cm³/mol. The van der Waals surface area contributed by atoms with Crippen molar-refractivity contribution >= 4 is 47.0 Å². The molecule has 45 heavy (non-hydrogen) atoms. The summed E-state index contributed by atoms with van der Waals surface area (Å²) in [5.41, 5.74) is 4.28.